The molecule has 0 fully saturated rings. The van der Waals surface area contributed by atoms with E-state index >= 15 is 0 Å². The molecule has 4 aromatic rings. The topological polar surface area (TPSA) is 183 Å². The number of carbonyl (C=O) groups excluding carboxylic acids is 1. The lowest BCUT2D eigenvalue weighted by atomic mass is 10.2. The van der Waals surface area contributed by atoms with E-state index in [1.54, 1.807) is 6.07 Å². The Kier molecular flexibility index (Phi) is 4.85. The molecule has 0 saturated heterocycles. The van der Waals surface area contributed by atoms with Crippen molar-refractivity contribution in [1.29, 1.82) is 0 Å². The quantitative estimate of drug-likeness (QED) is 0.350. The summed E-state index contributed by atoms with van der Waals surface area (Å²) in [5, 5.41) is 15.4. The Hall–Kier alpha value is -3.90. The van der Waals surface area contributed by atoms with Crippen LogP contribution in [0.25, 0.3) is 22.4 Å². The van der Waals surface area contributed by atoms with Crippen molar-refractivity contribution in [2.75, 3.05) is 5.32 Å². The number of aromatic nitrogens is 5. The van der Waals surface area contributed by atoms with Crippen molar-refractivity contribution in [1.82, 2.24) is 25.1 Å². The molecule has 0 spiro atoms. The Balaban J connectivity index is 1.79. The predicted molar refractivity (Wildman–Crippen MR) is 109 cm³/mol. The van der Waals surface area contributed by atoms with E-state index in [1.165, 1.54) is 12.1 Å². The zero-order valence-corrected chi connectivity index (χ0v) is 16.2. The van der Waals surface area contributed by atoms with Crippen LogP contribution in [0.1, 0.15) is 16.2 Å². The van der Waals surface area contributed by atoms with Crippen molar-refractivity contribution in [2.24, 2.45) is 10.9 Å². The summed E-state index contributed by atoms with van der Waals surface area (Å²) in [5.74, 6) is -0.886. The highest BCUT2D eigenvalue weighted by Gasteiger charge is 2.20. The number of hydrogen-bond donors (Lipinski definition) is 4. The Morgan fingerprint density at radius 2 is 1.80 bits per heavy atom. The highest BCUT2D eigenvalue weighted by atomic mass is 32.2. The zero-order chi connectivity index (χ0) is 21.3. The van der Waals surface area contributed by atoms with Gasteiger partial charge in [0.25, 0.3) is 5.91 Å². The van der Waals surface area contributed by atoms with Gasteiger partial charge in [0.05, 0.1) is 0 Å². The Morgan fingerprint density at radius 3 is 2.50 bits per heavy atom. The van der Waals surface area contributed by atoms with Crippen LogP contribution < -0.4 is 16.2 Å². The first kappa shape index (κ1) is 19.4. The summed E-state index contributed by atoms with van der Waals surface area (Å²) in [4.78, 5) is 24.0. The van der Waals surface area contributed by atoms with Crippen molar-refractivity contribution in [2.45, 2.75) is 11.4 Å². The van der Waals surface area contributed by atoms with Crippen LogP contribution in [-0.4, -0.2) is 39.5 Å². The maximum atomic E-state index is 11.8. The molecule has 1 amide bonds. The van der Waals surface area contributed by atoms with E-state index in [4.69, 9.17) is 10.9 Å². The second kappa shape index (κ2) is 7.50. The highest BCUT2D eigenvalue weighted by molar-refractivity contribution is 7.89. The van der Waals surface area contributed by atoms with Crippen molar-refractivity contribution >= 4 is 32.8 Å². The fourth-order valence-electron chi connectivity index (χ4n) is 2.87. The molecule has 0 radical (unpaired) electrons. The van der Waals surface area contributed by atoms with Crippen LogP contribution in [0.4, 0.5) is 5.95 Å². The van der Waals surface area contributed by atoms with Crippen LogP contribution in [0.5, 0.6) is 0 Å². The molecule has 30 heavy (non-hydrogen) atoms. The molecule has 2 aromatic carbocycles. The van der Waals surface area contributed by atoms with Gasteiger partial charge in [-0.05, 0) is 11.6 Å². The number of aromatic amines is 1. The number of primary amides is 1. The van der Waals surface area contributed by atoms with E-state index in [0.29, 0.717) is 17.6 Å². The fraction of sp³-hybridized carbons (Fsp3) is 0.0556. The molecule has 0 aliphatic heterocycles. The summed E-state index contributed by atoms with van der Waals surface area (Å²) in [5.41, 5.74) is 6.77. The minimum Gasteiger partial charge on any atom is -0.363 e. The van der Waals surface area contributed by atoms with E-state index in [-0.39, 0.29) is 28.0 Å². The van der Waals surface area contributed by atoms with Crippen molar-refractivity contribution in [3.8, 4) is 11.5 Å². The number of carbonyl (C=O) groups is 1. The number of nitrogens with two attached hydrogens (primary N) is 2. The van der Waals surface area contributed by atoms with Crippen molar-refractivity contribution < 1.29 is 13.2 Å². The van der Waals surface area contributed by atoms with Crippen LogP contribution in [0, 0.1) is 0 Å². The molecular formula is C18H16N8O3S. The number of amides is 1. The average molecular weight is 424 g/mol. The summed E-state index contributed by atoms with van der Waals surface area (Å²) in [6, 6.07) is 14.0. The van der Waals surface area contributed by atoms with E-state index in [1.807, 2.05) is 30.3 Å². The molecule has 11 nitrogen and oxygen atoms in total. The molecule has 12 heteroatoms. The Bertz CT molecular complexity index is 1350. The Morgan fingerprint density at radius 1 is 1.03 bits per heavy atom. The number of anilines is 1. The van der Waals surface area contributed by atoms with E-state index in [2.05, 4.69) is 30.5 Å². The van der Waals surface area contributed by atoms with Gasteiger partial charge >= 0.3 is 0 Å². The van der Waals surface area contributed by atoms with Gasteiger partial charge in [0.15, 0.2) is 5.82 Å². The van der Waals surface area contributed by atoms with Crippen molar-refractivity contribution in [3.05, 3.63) is 59.9 Å². The largest absolute Gasteiger partial charge is 0.363 e. The molecule has 0 bridgehead atoms. The third-order valence-corrected chi connectivity index (χ3v) is 5.17. The van der Waals surface area contributed by atoms with Gasteiger partial charge in [0.1, 0.15) is 16.1 Å². The molecule has 0 atom stereocenters. The normalized spacial score (nSPS) is 11.5. The van der Waals surface area contributed by atoms with E-state index in [0.717, 1.165) is 5.56 Å². The number of hydrogen-bond acceptors (Lipinski definition) is 8. The summed E-state index contributed by atoms with van der Waals surface area (Å²) >= 11 is 0. The van der Waals surface area contributed by atoms with Crippen LogP contribution in [0.3, 0.4) is 0 Å². The lowest BCUT2D eigenvalue weighted by Gasteiger charge is -2.07. The Labute approximate surface area is 170 Å². The number of benzene rings is 2. The fourth-order valence-corrected chi connectivity index (χ4v) is 3.56. The minimum atomic E-state index is -3.99. The molecule has 0 unspecified atom stereocenters. The monoisotopic (exact) mass is 424 g/mol. The minimum absolute atomic E-state index is 0.0726. The van der Waals surface area contributed by atoms with Crippen LogP contribution in [-0.2, 0) is 16.6 Å². The molecule has 4 rings (SSSR count). The summed E-state index contributed by atoms with van der Waals surface area (Å²) in [6.45, 7) is 0.405. The number of nitrogens with one attached hydrogen (secondary N) is 2. The molecule has 2 aromatic heterocycles. The van der Waals surface area contributed by atoms with E-state index in [9.17, 15) is 13.2 Å². The van der Waals surface area contributed by atoms with Gasteiger partial charge in [0, 0.05) is 11.9 Å². The zero-order valence-electron chi connectivity index (χ0n) is 15.4. The lowest BCUT2D eigenvalue weighted by Crippen LogP contribution is -2.18. The van der Waals surface area contributed by atoms with Gasteiger partial charge in [0.2, 0.25) is 21.8 Å². The van der Waals surface area contributed by atoms with Gasteiger partial charge in [-0.2, -0.15) is 15.1 Å². The molecule has 6 N–H and O–H groups in total. The average Bonchev–Trinajstić information content (AvgIpc) is 3.16. The second-order valence-electron chi connectivity index (χ2n) is 6.31. The first-order chi connectivity index (χ1) is 14.3. The van der Waals surface area contributed by atoms with Crippen LogP contribution >= 0.6 is 0 Å². The number of nitrogens with zero attached hydrogens (tertiary/aromatic N) is 4. The molecular weight excluding hydrogens is 408 g/mol. The standard InChI is InChI=1S/C18H16N8O3S/c19-15(27)17-22-16(23-18(24-17)21-9-10-5-2-1-3-6-10)14-11-7-4-8-12(30(20,28)29)13(11)25-26-14/h1-8H,9H2,(H2,19,27)(H,25,26)(H2,20,28,29)(H,21,22,23,24). The maximum Gasteiger partial charge on any atom is 0.286 e. The molecule has 2 heterocycles. The van der Waals surface area contributed by atoms with E-state index < -0.39 is 15.9 Å². The number of sulfonamides is 1. The van der Waals surface area contributed by atoms with Crippen LogP contribution in [0.2, 0.25) is 0 Å². The highest BCUT2D eigenvalue weighted by Crippen LogP contribution is 2.28. The number of primary sulfonamides is 1. The predicted octanol–water partition coefficient (Wildman–Crippen LogP) is 0.773. The van der Waals surface area contributed by atoms with Gasteiger partial charge in [-0.25, -0.2) is 18.5 Å². The van der Waals surface area contributed by atoms with Crippen molar-refractivity contribution in [3.63, 3.8) is 0 Å². The maximum absolute atomic E-state index is 11.8. The van der Waals surface area contributed by atoms with Crippen LogP contribution in [0.15, 0.2) is 53.4 Å². The molecule has 0 saturated carbocycles. The lowest BCUT2D eigenvalue weighted by molar-refractivity contribution is 0.0990. The molecule has 0 aliphatic rings. The number of rotatable bonds is 6. The smallest absolute Gasteiger partial charge is 0.286 e. The summed E-state index contributed by atoms with van der Waals surface area (Å²) in [7, 11) is -3.99. The SMILES string of the molecule is NC(=O)c1nc(NCc2ccccc2)nc(-c2[nH]nc3c(S(N)(=O)=O)cccc23)n1. The summed E-state index contributed by atoms with van der Waals surface area (Å²) in [6.07, 6.45) is 0. The first-order valence-electron chi connectivity index (χ1n) is 8.67. The van der Waals surface area contributed by atoms with Gasteiger partial charge in [-0.1, -0.05) is 42.5 Å². The number of fused-ring (bicyclic) bond motifs is 1. The van der Waals surface area contributed by atoms with Gasteiger partial charge in [-0.15, -0.1) is 0 Å². The molecule has 0 aliphatic carbocycles. The van der Waals surface area contributed by atoms with Gasteiger partial charge in [-0.3, -0.25) is 9.89 Å². The molecule has 152 valence electrons. The summed E-state index contributed by atoms with van der Waals surface area (Å²) < 4.78 is 23.6. The number of para-hydroxylation sites is 1. The third kappa shape index (κ3) is 3.81. The first-order valence-corrected chi connectivity index (χ1v) is 10.2. The third-order valence-electron chi connectivity index (χ3n) is 4.23. The number of H-pyrrole nitrogens is 1. The van der Waals surface area contributed by atoms with Gasteiger partial charge < -0.3 is 11.1 Å². The second-order valence-corrected chi connectivity index (χ2v) is 7.84.